The Labute approximate surface area is 107 Å². The van der Waals surface area contributed by atoms with Gasteiger partial charge < -0.3 is 10.6 Å². The molecule has 0 bridgehead atoms. The van der Waals surface area contributed by atoms with Gasteiger partial charge in [-0.15, -0.1) is 0 Å². The van der Waals surface area contributed by atoms with Crippen molar-refractivity contribution < 1.29 is 8.42 Å². The number of anilines is 2. The van der Waals surface area contributed by atoms with Gasteiger partial charge in [0.15, 0.2) is 0 Å². The Morgan fingerprint density at radius 3 is 2.39 bits per heavy atom. The molecule has 1 rings (SSSR count). The van der Waals surface area contributed by atoms with E-state index in [1.165, 1.54) is 0 Å². The van der Waals surface area contributed by atoms with Crippen LogP contribution in [-0.2, 0) is 16.4 Å². The lowest BCUT2D eigenvalue weighted by Gasteiger charge is -2.12. The summed E-state index contributed by atoms with van der Waals surface area (Å²) in [6.07, 6.45) is 0.707. The van der Waals surface area contributed by atoms with Gasteiger partial charge in [0.2, 0.25) is 10.0 Å². The summed E-state index contributed by atoms with van der Waals surface area (Å²) in [7, 11) is -1.68. The van der Waals surface area contributed by atoms with E-state index >= 15 is 0 Å². The maximum Gasteiger partial charge on any atom is 0.210 e. The lowest BCUT2D eigenvalue weighted by molar-refractivity contribution is 0.598. The molecule has 0 spiro atoms. The number of aromatic nitrogens is 2. The molecular weight excluding hydrogens is 254 g/mol. The van der Waals surface area contributed by atoms with E-state index in [-0.39, 0.29) is 12.3 Å². The van der Waals surface area contributed by atoms with Crippen LogP contribution in [0.3, 0.4) is 0 Å². The van der Waals surface area contributed by atoms with Gasteiger partial charge in [-0.3, -0.25) is 0 Å². The first-order chi connectivity index (χ1) is 8.37. The number of hydrogen-bond acceptors (Lipinski definition) is 6. The molecule has 0 saturated heterocycles. The quantitative estimate of drug-likeness (QED) is 0.677. The fourth-order valence-electron chi connectivity index (χ4n) is 1.45. The minimum Gasteiger partial charge on any atom is -0.373 e. The normalized spacial score (nSPS) is 11.3. The Kier molecular flexibility index (Phi) is 4.85. The van der Waals surface area contributed by atoms with Crippen LogP contribution in [0.15, 0.2) is 0 Å². The highest BCUT2D eigenvalue weighted by Crippen LogP contribution is 2.19. The van der Waals surface area contributed by atoms with Gasteiger partial charge in [0.05, 0.1) is 5.75 Å². The van der Waals surface area contributed by atoms with Crippen LogP contribution in [0.5, 0.6) is 0 Å². The summed E-state index contributed by atoms with van der Waals surface area (Å²) in [6.45, 7) is 4.05. The first-order valence-electron chi connectivity index (χ1n) is 5.67. The van der Waals surface area contributed by atoms with Gasteiger partial charge in [0.1, 0.15) is 17.5 Å². The van der Waals surface area contributed by atoms with Crippen molar-refractivity contribution in [3.05, 3.63) is 11.4 Å². The monoisotopic (exact) mass is 273 g/mol. The molecule has 1 aromatic rings. The minimum atomic E-state index is -3.46. The summed E-state index contributed by atoms with van der Waals surface area (Å²) in [6, 6.07) is 0. The van der Waals surface area contributed by atoms with Gasteiger partial charge in [0, 0.05) is 25.6 Å². The zero-order valence-electron chi connectivity index (χ0n) is 10.8. The van der Waals surface area contributed by atoms with Crippen molar-refractivity contribution in [3.63, 3.8) is 0 Å². The first-order valence-corrected chi connectivity index (χ1v) is 7.38. The van der Waals surface area contributed by atoms with Crippen LogP contribution in [0.4, 0.5) is 11.6 Å². The number of primary sulfonamides is 1. The summed E-state index contributed by atoms with van der Waals surface area (Å²) in [5.41, 5.74) is 0.851. The molecule has 0 fully saturated rings. The van der Waals surface area contributed by atoms with Crippen LogP contribution < -0.4 is 15.8 Å². The molecule has 0 radical (unpaired) electrons. The number of rotatable bonds is 6. The van der Waals surface area contributed by atoms with Crippen LogP contribution >= 0.6 is 0 Å². The van der Waals surface area contributed by atoms with E-state index in [4.69, 9.17) is 5.14 Å². The highest BCUT2D eigenvalue weighted by molar-refractivity contribution is 7.89. The molecule has 0 saturated carbocycles. The molecule has 7 nitrogen and oxygen atoms in total. The summed E-state index contributed by atoms with van der Waals surface area (Å²) in [5.74, 6) is 1.94. The summed E-state index contributed by atoms with van der Waals surface area (Å²) >= 11 is 0. The summed E-state index contributed by atoms with van der Waals surface area (Å²) < 4.78 is 21.7. The van der Waals surface area contributed by atoms with Crippen molar-refractivity contribution >= 4 is 21.7 Å². The molecule has 0 amide bonds. The summed E-state index contributed by atoms with van der Waals surface area (Å²) in [4.78, 5) is 8.64. The SMILES string of the molecule is CCc1nc(NC)c(C)c(NCCS(N)(=O)=O)n1. The van der Waals surface area contributed by atoms with Crippen molar-refractivity contribution in [1.82, 2.24) is 9.97 Å². The Balaban J connectivity index is 2.87. The van der Waals surface area contributed by atoms with Gasteiger partial charge in [-0.2, -0.15) is 0 Å². The van der Waals surface area contributed by atoms with E-state index in [1.807, 2.05) is 13.8 Å². The third kappa shape index (κ3) is 4.11. The molecular formula is C10H19N5O2S. The van der Waals surface area contributed by atoms with Crippen molar-refractivity contribution in [2.45, 2.75) is 20.3 Å². The topological polar surface area (TPSA) is 110 Å². The molecule has 0 aliphatic carbocycles. The molecule has 0 aromatic carbocycles. The Bertz CT molecular complexity index is 515. The average molecular weight is 273 g/mol. The summed E-state index contributed by atoms with van der Waals surface area (Å²) in [5, 5.41) is 10.9. The fourth-order valence-corrected chi connectivity index (χ4v) is 1.83. The molecule has 8 heteroatoms. The molecule has 0 aliphatic heterocycles. The second-order valence-electron chi connectivity index (χ2n) is 3.86. The zero-order chi connectivity index (χ0) is 13.8. The molecule has 0 atom stereocenters. The van der Waals surface area contributed by atoms with E-state index in [0.717, 1.165) is 11.4 Å². The van der Waals surface area contributed by atoms with E-state index in [0.29, 0.717) is 18.1 Å². The van der Waals surface area contributed by atoms with Gasteiger partial charge in [-0.05, 0) is 6.92 Å². The van der Waals surface area contributed by atoms with Gasteiger partial charge in [-0.1, -0.05) is 6.92 Å². The standard InChI is InChI=1S/C10H19N5O2S/c1-4-8-14-9(12-3)7(2)10(15-8)13-5-6-18(11,16)17/h4-6H2,1-3H3,(H2,11,16,17)(H2,12,13,14,15). The van der Waals surface area contributed by atoms with Crippen LogP contribution in [0.25, 0.3) is 0 Å². The smallest absolute Gasteiger partial charge is 0.210 e. The zero-order valence-corrected chi connectivity index (χ0v) is 11.6. The Morgan fingerprint density at radius 1 is 1.28 bits per heavy atom. The largest absolute Gasteiger partial charge is 0.373 e. The highest BCUT2D eigenvalue weighted by atomic mass is 32.2. The molecule has 18 heavy (non-hydrogen) atoms. The fraction of sp³-hybridized carbons (Fsp3) is 0.600. The van der Waals surface area contributed by atoms with E-state index in [1.54, 1.807) is 7.05 Å². The number of nitrogens with zero attached hydrogens (tertiary/aromatic N) is 2. The number of nitrogens with one attached hydrogen (secondary N) is 2. The predicted octanol–water partition coefficient (Wildman–Crippen LogP) is 0.0895. The van der Waals surface area contributed by atoms with E-state index in [9.17, 15) is 8.42 Å². The lowest BCUT2D eigenvalue weighted by atomic mass is 10.3. The molecule has 0 unspecified atom stereocenters. The highest BCUT2D eigenvalue weighted by Gasteiger charge is 2.10. The second kappa shape index (κ2) is 5.96. The maximum atomic E-state index is 10.8. The average Bonchev–Trinajstić information content (AvgIpc) is 2.29. The number of hydrogen-bond donors (Lipinski definition) is 3. The number of nitrogens with two attached hydrogens (primary N) is 1. The second-order valence-corrected chi connectivity index (χ2v) is 5.59. The van der Waals surface area contributed by atoms with Crippen LogP contribution in [0.2, 0.25) is 0 Å². The van der Waals surface area contributed by atoms with Gasteiger partial charge >= 0.3 is 0 Å². The van der Waals surface area contributed by atoms with E-state index < -0.39 is 10.0 Å². The first kappa shape index (κ1) is 14.7. The van der Waals surface area contributed by atoms with Crippen LogP contribution in [-0.4, -0.2) is 37.7 Å². The van der Waals surface area contributed by atoms with Crippen molar-refractivity contribution in [2.24, 2.45) is 5.14 Å². The number of aryl methyl sites for hydroxylation is 1. The third-order valence-electron chi connectivity index (χ3n) is 2.42. The van der Waals surface area contributed by atoms with Crippen molar-refractivity contribution in [2.75, 3.05) is 30.0 Å². The molecule has 1 aromatic heterocycles. The maximum absolute atomic E-state index is 10.8. The molecule has 1 heterocycles. The Morgan fingerprint density at radius 2 is 1.89 bits per heavy atom. The Hall–Kier alpha value is -1.41. The van der Waals surface area contributed by atoms with Gasteiger partial charge in [-0.25, -0.2) is 23.5 Å². The lowest BCUT2D eigenvalue weighted by Crippen LogP contribution is -2.23. The van der Waals surface area contributed by atoms with E-state index in [2.05, 4.69) is 20.6 Å². The third-order valence-corrected chi connectivity index (χ3v) is 3.20. The van der Waals surface area contributed by atoms with Crippen LogP contribution in [0.1, 0.15) is 18.3 Å². The van der Waals surface area contributed by atoms with Crippen LogP contribution in [0, 0.1) is 6.92 Å². The molecule has 4 N–H and O–H groups in total. The number of sulfonamides is 1. The van der Waals surface area contributed by atoms with Crippen molar-refractivity contribution in [3.8, 4) is 0 Å². The molecule has 102 valence electrons. The minimum absolute atomic E-state index is 0.132. The van der Waals surface area contributed by atoms with Crippen molar-refractivity contribution in [1.29, 1.82) is 0 Å². The van der Waals surface area contributed by atoms with Gasteiger partial charge in [0.25, 0.3) is 0 Å². The predicted molar refractivity (Wildman–Crippen MR) is 72.2 cm³/mol. The molecule has 0 aliphatic rings.